The Morgan fingerprint density at radius 3 is 2.47 bits per heavy atom. The van der Waals surface area contributed by atoms with Gasteiger partial charge in [0.2, 0.25) is 5.91 Å². The second-order valence-corrected chi connectivity index (χ2v) is 14.4. The fourth-order valence-corrected chi connectivity index (χ4v) is 9.70. The molecule has 10 atom stereocenters. The Balaban J connectivity index is 1.53. The Morgan fingerprint density at radius 1 is 1.08 bits per heavy atom. The molecule has 0 bridgehead atoms. The van der Waals surface area contributed by atoms with Crippen LogP contribution in [0.4, 0.5) is 0 Å². The fraction of sp³-hybridized carbons (Fsp3) is 0.926. The molecule has 0 aromatic carbocycles. The van der Waals surface area contributed by atoms with Crippen molar-refractivity contribution in [3.05, 3.63) is 0 Å². The molecule has 36 heavy (non-hydrogen) atoms. The number of carbonyl (C=O) groups is 2. The number of esters is 1. The van der Waals surface area contributed by atoms with Crippen molar-refractivity contribution < 1.29 is 32.4 Å². The van der Waals surface area contributed by atoms with Crippen molar-refractivity contribution in [1.29, 1.82) is 0 Å². The summed E-state index contributed by atoms with van der Waals surface area (Å²) in [6, 6.07) is 0. The molecule has 206 valence electrons. The van der Waals surface area contributed by atoms with E-state index in [2.05, 4.69) is 26.1 Å². The van der Waals surface area contributed by atoms with E-state index in [0.29, 0.717) is 23.7 Å². The number of nitrogens with one attached hydrogen (secondary N) is 1. The predicted molar refractivity (Wildman–Crippen MR) is 135 cm³/mol. The molecular formula is C27H45NO7S. The van der Waals surface area contributed by atoms with E-state index in [-0.39, 0.29) is 59.7 Å². The molecule has 0 spiro atoms. The van der Waals surface area contributed by atoms with Crippen LogP contribution in [0.5, 0.6) is 0 Å². The van der Waals surface area contributed by atoms with Crippen LogP contribution in [0.15, 0.2) is 0 Å². The Bertz CT molecular complexity index is 954. The lowest BCUT2D eigenvalue weighted by molar-refractivity contribution is -0.196. The normalized spacial score (nSPS) is 43.0. The Labute approximate surface area is 216 Å². The van der Waals surface area contributed by atoms with E-state index in [0.717, 1.165) is 51.4 Å². The smallest absolute Gasteiger partial charge is 0.302 e. The molecule has 4 unspecified atom stereocenters. The molecular weight excluding hydrogens is 482 g/mol. The summed E-state index contributed by atoms with van der Waals surface area (Å²) in [5.74, 6) is 1.30. The van der Waals surface area contributed by atoms with Crippen molar-refractivity contribution in [2.75, 3.05) is 12.3 Å². The second kappa shape index (κ2) is 10.2. The maximum absolute atomic E-state index is 12.6. The third-order valence-electron chi connectivity index (χ3n) is 11.0. The van der Waals surface area contributed by atoms with E-state index in [1.807, 2.05) is 0 Å². The van der Waals surface area contributed by atoms with Crippen LogP contribution >= 0.6 is 0 Å². The van der Waals surface area contributed by atoms with Gasteiger partial charge >= 0.3 is 5.97 Å². The molecule has 1 amide bonds. The minimum atomic E-state index is -4.11. The van der Waals surface area contributed by atoms with Gasteiger partial charge in [-0.3, -0.25) is 14.1 Å². The van der Waals surface area contributed by atoms with E-state index in [9.17, 15) is 23.1 Å². The lowest BCUT2D eigenvalue weighted by atomic mass is 9.43. The van der Waals surface area contributed by atoms with Crippen LogP contribution in [0.25, 0.3) is 0 Å². The topological polar surface area (TPSA) is 130 Å². The standard InChI is InChI=1S/C27H45NO7S/c1-16(13-25(31)28-11-12-36(32,33)34)21-7-8-22-20-6-5-18-14-19(30)9-10-26(18,3)23(20)15-24(27(21,22)4)35-17(2)29/h16,18-24,30H,5-15H2,1-4H3,(H,28,31)(H,32,33,34)/t16-,18?,19-,20?,21-,22?,23?,24+,26+,27-/m1/s1. The number of carbonyl (C=O) groups excluding carboxylic acids is 2. The summed E-state index contributed by atoms with van der Waals surface area (Å²) < 4.78 is 36.9. The third kappa shape index (κ3) is 5.21. The molecule has 9 heteroatoms. The van der Waals surface area contributed by atoms with Crippen LogP contribution in [0, 0.1) is 46.3 Å². The molecule has 0 aromatic heterocycles. The van der Waals surface area contributed by atoms with Crippen molar-refractivity contribution in [2.45, 2.75) is 97.7 Å². The average molecular weight is 528 g/mol. The van der Waals surface area contributed by atoms with Crippen LogP contribution in [0.2, 0.25) is 0 Å². The summed E-state index contributed by atoms with van der Waals surface area (Å²) in [7, 11) is -4.11. The summed E-state index contributed by atoms with van der Waals surface area (Å²) >= 11 is 0. The first-order valence-corrected chi connectivity index (χ1v) is 15.4. The number of ether oxygens (including phenoxy) is 1. The molecule has 0 heterocycles. The maximum atomic E-state index is 12.6. The van der Waals surface area contributed by atoms with Gasteiger partial charge in [0.25, 0.3) is 10.1 Å². The van der Waals surface area contributed by atoms with Crippen LogP contribution in [0.3, 0.4) is 0 Å². The Kier molecular flexibility index (Phi) is 7.87. The molecule has 4 fully saturated rings. The van der Waals surface area contributed by atoms with E-state index in [1.165, 1.54) is 6.92 Å². The zero-order chi connectivity index (χ0) is 26.5. The first-order chi connectivity index (χ1) is 16.8. The first kappa shape index (κ1) is 27.8. The van der Waals surface area contributed by atoms with E-state index >= 15 is 0 Å². The third-order valence-corrected chi connectivity index (χ3v) is 11.7. The number of amides is 1. The molecule has 4 aliphatic rings. The molecule has 0 radical (unpaired) electrons. The van der Waals surface area contributed by atoms with Gasteiger partial charge < -0.3 is 15.2 Å². The zero-order valence-electron chi connectivity index (χ0n) is 22.2. The molecule has 0 aliphatic heterocycles. The summed E-state index contributed by atoms with van der Waals surface area (Å²) in [5.41, 5.74) is -0.0448. The van der Waals surface area contributed by atoms with Crippen LogP contribution in [0.1, 0.15) is 85.5 Å². The summed E-state index contributed by atoms with van der Waals surface area (Å²) in [5, 5.41) is 13.0. The van der Waals surface area contributed by atoms with Gasteiger partial charge in [0.15, 0.2) is 0 Å². The minimum Gasteiger partial charge on any atom is -0.462 e. The van der Waals surface area contributed by atoms with Gasteiger partial charge in [0.05, 0.1) is 11.9 Å². The average Bonchev–Trinajstić information content (AvgIpc) is 3.12. The summed E-state index contributed by atoms with van der Waals surface area (Å²) in [4.78, 5) is 24.9. The maximum Gasteiger partial charge on any atom is 0.302 e. The SMILES string of the molecule is CC(=O)O[C@H]1CC2C(CCC3C[C@H](O)CC[C@@]32C)C2CC[C@H]([C@H](C)CC(=O)NCCS(=O)(=O)O)[C@]21C. The highest BCUT2D eigenvalue weighted by atomic mass is 32.2. The number of hydrogen-bond donors (Lipinski definition) is 3. The lowest BCUT2D eigenvalue weighted by Crippen LogP contribution is -2.59. The number of rotatable bonds is 7. The van der Waals surface area contributed by atoms with Crippen LogP contribution in [-0.2, 0) is 24.4 Å². The number of fused-ring (bicyclic) bond motifs is 5. The fourth-order valence-electron chi connectivity index (χ4n) is 9.34. The van der Waals surface area contributed by atoms with Crippen molar-refractivity contribution in [1.82, 2.24) is 5.32 Å². The van der Waals surface area contributed by atoms with Gasteiger partial charge in [0, 0.05) is 25.3 Å². The summed E-state index contributed by atoms with van der Waals surface area (Å²) in [6.45, 7) is 8.16. The molecule has 4 rings (SSSR count). The van der Waals surface area contributed by atoms with E-state index in [1.54, 1.807) is 0 Å². The van der Waals surface area contributed by atoms with Crippen molar-refractivity contribution in [2.24, 2.45) is 46.3 Å². The molecule has 4 saturated carbocycles. The first-order valence-electron chi connectivity index (χ1n) is 13.8. The second-order valence-electron chi connectivity index (χ2n) is 12.8. The zero-order valence-corrected chi connectivity index (χ0v) is 23.1. The quantitative estimate of drug-likeness (QED) is 0.341. The highest BCUT2D eigenvalue weighted by molar-refractivity contribution is 7.85. The van der Waals surface area contributed by atoms with Gasteiger partial charge in [-0.05, 0) is 92.3 Å². The number of aliphatic hydroxyl groups excluding tert-OH is 1. The van der Waals surface area contributed by atoms with Gasteiger partial charge in [-0.2, -0.15) is 8.42 Å². The molecule has 4 aliphatic carbocycles. The predicted octanol–water partition coefficient (Wildman–Crippen LogP) is 3.58. The molecule has 8 nitrogen and oxygen atoms in total. The van der Waals surface area contributed by atoms with E-state index < -0.39 is 15.9 Å². The van der Waals surface area contributed by atoms with Crippen LogP contribution in [-0.4, -0.2) is 54.5 Å². The van der Waals surface area contributed by atoms with Crippen LogP contribution < -0.4 is 5.32 Å². The van der Waals surface area contributed by atoms with E-state index in [4.69, 9.17) is 9.29 Å². The molecule has 0 saturated heterocycles. The van der Waals surface area contributed by atoms with Gasteiger partial charge in [-0.15, -0.1) is 0 Å². The molecule has 0 aromatic rings. The summed E-state index contributed by atoms with van der Waals surface area (Å²) in [6.07, 6.45) is 7.85. The van der Waals surface area contributed by atoms with Gasteiger partial charge in [0.1, 0.15) is 6.10 Å². The van der Waals surface area contributed by atoms with Gasteiger partial charge in [-0.25, -0.2) is 0 Å². The Hall–Kier alpha value is -1.19. The van der Waals surface area contributed by atoms with Crippen molar-refractivity contribution in [3.8, 4) is 0 Å². The minimum absolute atomic E-state index is 0.0529. The number of aliphatic hydroxyl groups is 1. The Morgan fingerprint density at radius 2 is 1.81 bits per heavy atom. The molecule has 3 N–H and O–H groups in total. The monoisotopic (exact) mass is 527 g/mol. The lowest BCUT2D eigenvalue weighted by Gasteiger charge is -2.62. The van der Waals surface area contributed by atoms with Gasteiger partial charge in [-0.1, -0.05) is 20.8 Å². The number of hydrogen-bond acceptors (Lipinski definition) is 6. The largest absolute Gasteiger partial charge is 0.462 e. The van der Waals surface area contributed by atoms with Crippen molar-refractivity contribution in [3.63, 3.8) is 0 Å². The highest BCUT2D eigenvalue weighted by Crippen LogP contribution is 2.68. The van der Waals surface area contributed by atoms with Crippen molar-refractivity contribution >= 4 is 22.0 Å². The highest BCUT2D eigenvalue weighted by Gasteiger charge is 2.65.